The molecule has 2 aromatic rings. The van der Waals surface area contributed by atoms with Crippen molar-refractivity contribution in [1.82, 2.24) is 9.80 Å². The van der Waals surface area contributed by atoms with Gasteiger partial charge in [0.1, 0.15) is 5.75 Å². The standard InChI is InChI=1S/C22H29N3O2S/c1-3-20-19-9-15-28-21(19)8-10-25(20)22(26)16-23-11-13-24(14-12-23)17-4-6-18(27-2)7-5-17/h4-7,9,15,20H,3,8,10-14,16H2,1-2H3. The van der Waals surface area contributed by atoms with E-state index < -0.39 is 0 Å². The van der Waals surface area contributed by atoms with Crippen LogP contribution in [0.3, 0.4) is 0 Å². The number of hydrogen-bond donors (Lipinski definition) is 0. The quantitative estimate of drug-likeness (QED) is 0.772. The third-order valence-electron chi connectivity index (χ3n) is 5.97. The zero-order chi connectivity index (χ0) is 19.5. The Bertz CT molecular complexity index is 796. The van der Waals surface area contributed by atoms with Gasteiger partial charge < -0.3 is 14.5 Å². The van der Waals surface area contributed by atoms with Crippen LogP contribution in [0.1, 0.15) is 29.8 Å². The summed E-state index contributed by atoms with van der Waals surface area (Å²) in [5, 5.41) is 2.17. The molecule has 0 N–H and O–H groups in total. The molecule has 0 radical (unpaired) electrons. The number of nitrogens with zero attached hydrogens (tertiary/aromatic N) is 3. The van der Waals surface area contributed by atoms with Gasteiger partial charge in [0, 0.05) is 43.3 Å². The fraction of sp³-hybridized carbons (Fsp3) is 0.500. The second kappa shape index (κ2) is 8.53. The number of rotatable bonds is 5. The molecule has 1 amide bonds. The monoisotopic (exact) mass is 399 g/mol. The first-order chi connectivity index (χ1) is 13.7. The zero-order valence-corrected chi connectivity index (χ0v) is 17.6. The maximum absolute atomic E-state index is 13.0. The molecule has 1 aromatic heterocycles. The number of amides is 1. The molecule has 1 atom stereocenters. The molecular weight excluding hydrogens is 370 g/mol. The Labute approximate surface area is 171 Å². The molecule has 2 aliphatic heterocycles. The summed E-state index contributed by atoms with van der Waals surface area (Å²) in [5.41, 5.74) is 2.59. The SMILES string of the molecule is CCC1c2ccsc2CCN1C(=O)CN1CCN(c2ccc(OC)cc2)CC1. The Morgan fingerprint density at radius 1 is 1.11 bits per heavy atom. The van der Waals surface area contributed by atoms with Gasteiger partial charge in [0.05, 0.1) is 19.7 Å². The number of fused-ring (bicyclic) bond motifs is 1. The van der Waals surface area contributed by atoms with Crippen LogP contribution in [0.5, 0.6) is 5.75 Å². The van der Waals surface area contributed by atoms with E-state index in [1.807, 2.05) is 23.5 Å². The fourth-order valence-electron chi connectivity index (χ4n) is 4.37. The van der Waals surface area contributed by atoms with E-state index in [1.54, 1.807) is 7.11 Å². The van der Waals surface area contributed by atoms with Gasteiger partial charge in [-0.1, -0.05) is 6.92 Å². The number of thiophene rings is 1. The highest BCUT2D eigenvalue weighted by Gasteiger charge is 2.31. The van der Waals surface area contributed by atoms with Crippen molar-refractivity contribution in [3.05, 3.63) is 46.2 Å². The lowest BCUT2D eigenvalue weighted by atomic mass is 9.97. The molecule has 1 fully saturated rings. The molecule has 1 unspecified atom stereocenters. The van der Waals surface area contributed by atoms with Crippen LogP contribution < -0.4 is 9.64 Å². The molecule has 3 heterocycles. The Hall–Kier alpha value is -2.05. The fourth-order valence-corrected chi connectivity index (χ4v) is 5.30. The number of anilines is 1. The molecule has 0 saturated carbocycles. The van der Waals surface area contributed by atoms with Crippen molar-refractivity contribution < 1.29 is 9.53 Å². The van der Waals surface area contributed by atoms with Crippen LogP contribution in [0.15, 0.2) is 35.7 Å². The number of ether oxygens (including phenoxy) is 1. The second-order valence-corrected chi connectivity index (χ2v) is 8.52. The van der Waals surface area contributed by atoms with E-state index >= 15 is 0 Å². The van der Waals surface area contributed by atoms with E-state index in [4.69, 9.17) is 4.74 Å². The maximum atomic E-state index is 13.0. The molecule has 1 saturated heterocycles. The topological polar surface area (TPSA) is 36.0 Å². The molecule has 0 spiro atoms. The smallest absolute Gasteiger partial charge is 0.237 e. The lowest BCUT2D eigenvalue weighted by Gasteiger charge is -2.39. The van der Waals surface area contributed by atoms with Gasteiger partial charge in [0.15, 0.2) is 0 Å². The lowest BCUT2D eigenvalue weighted by Crippen LogP contribution is -2.51. The van der Waals surface area contributed by atoms with Gasteiger partial charge in [-0.3, -0.25) is 9.69 Å². The minimum Gasteiger partial charge on any atom is -0.497 e. The molecule has 2 aliphatic rings. The maximum Gasteiger partial charge on any atom is 0.237 e. The summed E-state index contributed by atoms with van der Waals surface area (Å²) in [6.45, 7) is 7.32. The predicted octanol–water partition coefficient (Wildman–Crippen LogP) is 3.41. The van der Waals surface area contributed by atoms with Gasteiger partial charge in [0.25, 0.3) is 0 Å². The minimum absolute atomic E-state index is 0.253. The molecular formula is C22H29N3O2S. The number of carbonyl (C=O) groups is 1. The van der Waals surface area contributed by atoms with E-state index in [0.29, 0.717) is 6.54 Å². The normalized spacial score (nSPS) is 20.1. The Balaban J connectivity index is 1.32. The zero-order valence-electron chi connectivity index (χ0n) is 16.8. The van der Waals surface area contributed by atoms with Crippen LogP contribution in [-0.2, 0) is 11.2 Å². The summed E-state index contributed by atoms with van der Waals surface area (Å²) in [7, 11) is 1.69. The highest BCUT2D eigenvalue weighted by atomic mass is 32.1. The summed E-state index contributed by atoms with van der Waals surface area (Å²) in [6.07, 6.45) is 1.99. The van der Waals surface area contributed by atoms with Gasteiger partial charge >= 0.3 is 0 Å². The minimum atomic E-state index is 0.253. The van der Waals surface area contributed by atoms with Crippen LogP contribution in [0, 0.1) is 0 Å². The number of methoxy groups -OCH3 is 1. The van der Waals surface area contributed by atoms with Crippen molar-refractivity contribution in [1.29, 1.82) is 0 Å². The molecule has 4 rings (SSSR count). The second-order valence-electron chi connectivity index (χ2n) is 7.52. The number of hydrogen-bond acceptors (Lipinski definition) is 5. The Morgan fingerprint density at radius 3 is 2.54 bits per heavy atom. The highest BCUT2D eigenvalue weighted by Crippen LogP contribution is 2.35. The van der Waals surface area contributed by atoms with Gasteiger partial charge in [0.2, 0.25) is 5.91 Å². The molecule has 150 valence electrons. The van der Waals surface area contributed by atoms with Gasteiger partial charge in [-0.15, -0.1) is 11.3 Å². The van der Waals surface area contributed by atoms with E-state index in [-0.39, 0.29) is 11.9 Å². The van der Waals surface area contributed by atoms with E-state index in [9.17, 15) is 4.79 Å². The Morgan fingerprint density at radius 2 is 1.86 bits per heavy atom. The van der Waals surface area contributed by atoms with E-state index in [2.05, 4.69) is 45.2 Å². The third-order valence-corrected chi connectivity index (χ3v) is 6.97. The number of piperazine rings is 1. The molecule has 1 aromatic carbocycles. The van der Waals surface area contributed by atoms with E-state index in [0.717, 1.165) is 51.3 Å². The van der Waals surface area contributed by atoms with Crippen molar-refractivity contribution in [3.63, 3.8) is 0 Å². The molecule has 0 aliphatic carbocycles. The predicted molar refractivity (Wildman–Crippen MR) is 114 cm³/mol. The molecule has 28 heavy (non-hydrogen) atoms. The van der Waals surface area contributed by atoms with Crippen LogP contribution in [0.4, 0.5) is 5.69 Å². The van der Waals surface area contributed by atoms with Crippen LogP contribution in [0.25, 0.3) is 0 Å². The summed E-state index contributed by atoms with van der Waals surface area (Å²) in [6, 6.07) is 10.7. The largest absolute Gasteiger partial charge is 0.497 e. The van der Waals surface area contributed by atoms with Gasteiger partial charge in [-0.2, -0.15) is 0 Å². The van der Waals surface area contributed by atoms with Crippen molar-refractivity contribution in [2.75, 3.05) is 51.3 Å². The first-order valence-electron chi connectivity index (χ1n) is 10.2. The summed E-state index contributed by atoms with van der Waals surface area (Å²) in [5.74, 6) is 1.16. The summed E-state index contributed by atoms with van der Waals surface area (Å²) in [4.78, 5) is 21.3. The molecule has 0 bridgehead atoms. The molecule has 5 nitrogen and oxygen atoms in total. The Kier molecular flexibility index (Phi) is 5.87. The average molecular weight is 400 g/mol. The lowest BCUT2D eigenvalue weighted by molar-refractivity contribution is -0.135. The third kappa shape index (κ3) is 3.89. The van der Waals surface area contributed by atoms with Gasteiger partial charge in [-0.25, -0.2) is 0 Å². The van der Waals surface area contributed by atoms with Crippen molar-refractivity contribution in [2.24, 2.45) is 0 Å². The number of benzene rings is 1. The molecule has 6 heteroatoms. The average Bonchev–Trinajstić information content (AvgIpc) is 3.22. The summed E-state index contributed by atoms with van der Waals surface area (Å²) < 4.78 is 5.24. The van der Waals surface area contributed by atoms with Crippen LogP contribution >= 0.6 is 11.3 Å². The van der Waals surface area contributed by atoms with Gasteiger partial charge in [-0.05, 0) is 54.1 Å². The van der Waals surface area contributed by atoms with Crippen molar-refractivity contribution >= 4 is 22.9 Å². The first-order valence-corrected chi connectivity index (χ1v) is 11.0. The highest BCUT2D eigenvalue weighted by molar-refractivity contribution is 7.10. The van der Waals surface area contributed by atoms with Crippen LogP contribution in [0.2, 0.25) is 0 Å². The summed E-state index contributed by atoms with van der Waals surface area (Å²) >= 11 is 1.83. The first kappa shape index (κ1) is 19.3. The number of carbonyl (C=O) groups excluding carboxylic acids is 1. The van der Waals surface area contributed by atoms with Crippen molar-refractivity contribution in [2.45, 2.75) is 25.8 Å². The van der Waals surface area contributed by atoms with Crippen LogP contribution in [-0.4, -0.2) is 62.1 Å². The van der Waals surface area contributed by atoms with Crippen molar-refractivity contribution in [3.8, 4) is 5.75 Å². The van der Waals surface area contributed by atoms with E-state index in [1.165, 1.54) is 16.1 Å².